The highest BCUT2D eigenvalue weighted by molar-refractivity contribution is 6.74. The molecule has 0 aliphatic rings. The smallest absolute Gasteiger partial charge is 0.336 e. The minimum Gasteiger partial charge on any atom is -0.497 e. The summed E-state index contributed by atoms with van der Waals surface area (Å²) in [7, 11) is 0.918. The summed E-state index contributed by atoms with van der Waals surface area (Å²) in [6.45, 7) is 9.69. The Bertz CT molecular complexity index is 2050. The van der Waals surface area contributed by atoms with Crippen LogP contribution in [0.2, 0.25) is 18.1 Å². The van der Waals surface area contributed by atoms with E-state index in [0.29, 0.717) is 11.5 Å². The van der Waals surface area contributed by atoms with Gasteiger partial charge in [-0.25, -0.2) is 28.1 Å². The van der Waals surface area contributed by atoms with Gasteiger partial charge in [-0.1, -0.05) is 75.4 Å². The Kier molecular flexibility index (Phi) is 14.8. The Morgan fingerprint density at radius 3 is 1.61 bits per heavy atom. The number of ether oxygens (including phenoxy) is 3. The van der Waals surface area contributed by atoms with Crippen LogP contribution < -0.4 is 31.9 Å². The molecule has 2 N–H and O–H groups in total. The molecule has 0 fully saturated rings. The summed E-state index contributed by atoms with van der Waals surface area (Å²) in [6, 6.07) is 24.5. The number of benzene rings is 3. The molecule has 302 valence electrons. The van der Waals surface area contributed by atoms with Gasteiger partial charge in [0, 0.05) is 25.9 Å². The first-order valence-corrected chi connectivity index (χ1v) is 21.5. The number of aliphatic carboxylic acids is 1. The van der Waals surface area contributed by atoms with Gasteiger partial charge in [0.05, 0.1) is 40.5 Å². The van der Waals surface area contributed by atoms with E-state index in [0.717, 1.165) is 30.4 Å². The number of amides is 1. The van der Waals surface area contributed by atoms with Gasteiger partial charge in [0.15, 0.2) is 8.32 Å². The summed E-state index contributed by atoms with van der Waals surface area (Å²) in [5, 5.41) is 11.4. The fourth-order valence-electron chi connectivity index (χ4n) is 6.03. The molecule has 0 spiro atoms. The predicted octanol–water partition coefficient (Wildman–Crippen LogP) is 4.59. The second kappa shape index (κ2) is 19.1. The van der Waals surface area contributed by atoms with Crippen molar-refractivity contribution in [2.75, 3.05) is 34.0 Å². The quantitative estimate of drug-likeness (QED) is 0.0955. The number of rotatable bonds is 20. The van der Waals surface area contributed by atoms with Gasteiger partial charge in [-0.05, 0) is 65.5 Å². The molecular formula is C41H54N4O10Si. The first kappa shape index (κ1) is 43.5. The summed E-state index contributed by atoms with van der Waals surface area (Å²) in [6.07, 6.45) is -0.0484. The molecule has 0 unspecified atom stereocenters. The Morgan fingerprint density at radius 1 is 0.679 bits per heavy atom. The molecule has 4 rings (SSSR count). The van der Waals surface area contributed by atoms with Crippen molar-refractivity contribution in [2.45, 2.75) is 83.4 Å². The predicted molar refractivity (Wildman–Crippen MR) is 215 cm³/mol. The second-order valence-electron chi connectivity index (χ2n) is 14.9. The molecule has 1 heterocycles. The molecule has 0 aliphatic heterocycles. The average Bonchev–Trinajstić information content (AvgIpc) is 3.17. The molecule has 3 aromatic carbocycles. The van der Waals surface area contributed by atoms with Crippen molar-refractivity contribution in [3.8, 4) is 11.5 Å². The lowest BCUT2D eigenvalue weighted by Gasteiger charge is -2.36. The van der Waals surface area contributed by atoms with Gasteiger partial charge in [0.25, 0.3) is 0 Å². The number of carbonyl (C=O) groups is 2. The SMILES string of the molecule is COc1ccc(C(OCCn2c(=O)n(CCNC(=O)CCCC(=O)O)c(=O)n(CCO[Si](C)(C)C(C)(C)C)c2=O)(c2ccccc2)c2ccc(OC)cc2)cc1. The van der Waals surface area contributed by atoms with Crippen LogP contribution in [-0.2, 0) is 44.0 Å². The summed E-state index contributed by atoms with van der Waals surface area (Å²) in [5.74, 6) is -0.135. The van der Waals surface area contributed by atoms with Gasteiger partial charge in [-0.15, -0.1) is 0 Å². The van der Waals surface area contributed by atoms with E-state index < -0.39 is 42.9 Å². The lowest BCUT2D eigenvalue weighted by atomic mass is 9.80. The fraction of sp³-hybridized carbons (Fsp3) is 0.439. The number of aromatic nitrogens is 3. The van der Waals surface area contributed by atoms with Crippen LogP contribution >= 0.6 is 0 Å². The third-order valence-electron chi connectivity index (χ3n) is 10.2. The van der Waals surface area contributed by atoms with Crippen molar-refractivity contribution in [1.29, 1.82) is 0 Å². The van der Waals surface area contributed by atoms with Gasteiger partial charge in [0.1, 0.15) is 17.1 Å². The highest BCUT2D eigenvalue weighted by Gasteiger charge is 2.39. The number of carbonyl (C=O) groups excluding carboxylic acids is 1. The molecule has 0 saturated heterocycles. The molecule has 0 atom stereocenters. The van der Waals surface area contributed by atoms with E-state index in [1.165, 1.54) is 0 Å². The Labute approximate surface area is 327 Å². The van der Waals surface area contributed by atoms with E-state index in [2.05, 4.69) is 39.2 Å². The molecule has 4 aromatic rings. The Hall–Kier alpha value is -5.25. The Balaban J connectivity index is 1.74. The number of carboxylic acid groups (broad SMARTS) is 1. The van der Waals surface area contributed by atoms with Crippen LogP contribution in [0.15, 0.2) is 93.2 Å². The van der Waals surface area contributed by atoms with Crippen LogP contribution in [0.25, 0.3) is 0 Å². The molecule has 0 saturated carbocycles. The zero-order valence-corrected chi connectivity index (χ0v) is 34.3. The van der Waals surface area contributed by atoms with Crippen LogP contribution in [0.1, 0.15) is 56.7 Å². The number of methoxy groups -OCH3 is 2. The number of nitrogens with one attached hydrogen (secondary N) is 1. The highest BCUT2D eigenvalue weighted by Crippen LogP contribution is 2.41. The Morgan fingerprint density at radius 2 is 1.14 bits per heavy atom. The molecule has 0 aliphatic carbocycles. The van der Waals surface area contributed by atoms with Gasteiger partial charge in [-0.3, -0.25) is 9.59 Å². The van der Waals surface area contributed by atoms with E-state index in [1.54, 1.807) is 14.2 Å². The normalized spacial score (nSPS) is 12.0. The second-order valence-corrected chi connectivity index (χ2v) is 19.7. The maximum atomic E-state index is 14.0. The monoisotopic (exact) mass is 790 g/mol. The molecule has 14 nitrogen and oxygen atoms in total. The van der Waals surface area contributed by atoms with Crippen LogP contribution in [0.4, 0.5) is 0 Å². The van der Waals surface area contributed by atoms with Gasteiger partial charge in [0.2, 0.25) is 5.91 Å². The van der Waals surface area contributed by atoms with E-state index >= 15 is 0 Å². The summed E-state index contributed by atoms with van der Waals surface area (Å²) >= 11 is 0. The molecule has 1 aromatic heterocycles. The third kappa shape index (κ3) is 10.3. The van der Waals surface area contributed by atoms with E-state index in [1.807, 2.05) is 78.9 Å². The summed E-state index contributed by atoms with van der Waals surface area (Å²) in [4.78, 5) is 65.0. The number of carboxylic acids is 1. The first-order chi connectivity index (χ1) is 26.5. The van der Waals surface area contributed by atoms with Crippen LogP contribution in [-0.4, -0.2) is 73.0 Å². The summed E-state index contributed by atoms with van der Waals surface area (Å²) < 4.78 is 26.9. The van der Waals surface area contributed by atoms with E-state index in [9.17, 15) is 24.0 Å². The minimum absolute atomic E-state index is 0.0292. The standard InChI is InChI=1S/C41H54N4O10Si/c1-40(2,3)56(6,7)55-29-27-45-38(50)43(25-24-42-35(46)14-11-15-36(47)48)37(49)44(39(45)51)26-28-54-41(30-12-9-8-10-13-30,31-16-20-33(52-4)21-17-31)32-18-22-34(53-5)23-19-32/h8-10,12-13,16-23H,11,14-15,24-29H2,1-7H3,(H,42,46)(H,47,48). The molecule has 0 bridgehead atoms. The first-order valence-electron chi connectivity index (χ1n) is 18.6. The molecule has 15 heteroatoms. The van der Waals surface area contributed by atoms with E-state index in [4.69, 9.17) is 23.7 Å². The average molecular weight is 791 g/mol. The molecule has 1 amide bonds. The number of nitrogens with zero attached hydrogens (tertiary/aromatic N) is 3. The maximum Gasteiger partial charge on any atom is 0.336 e. The van der Waals surface area contributed by atoms with Crippen molar-refractivity contribution >= 4 is 20.2 Å². The largest absolute Gasteiger partial charge is 0.497 e. The lowest BCUT2D eigenvalue weighted by molar-refractivity contribution is -0.137. The zero-order valence-electron chi connectivity index (χ0n) is 33.3. The topological polar surface area (TPSA) is 169 Å². The molecule has 0 radical (unpaired) electrons. The van der Waals surface area contributed by atoms with Gasteiger partial charge >= 0.3 is 23.0 Å². The minimum atomic E-state index is -2.25. The van der Waals surface area contributed by atoms with Crippen LogP contribution in [0.3, 0.4) is 0 Å². The van der Waals surface area contributed by atoms with Crippen molar-refractivity contribution in [3.05, 3.63) is 127 Å². The highest BCUT2D eigenvalue weighted by atomic mass is 28.4. The van der Waals surface area contributed by atoms with Crippen molar-refractivity contribution in [3.63, 3.8) is 0 Å². The van der Waals surface area contributed by atoms with Gasteiger partial charge < -0.3 is 29.1 Å². The van der Waals surface area contributed by atoms with Crippen LogP contribution in [0, 0.1) is 0 Å². The van der Waals surface area contributed by atoms with Crippen molar-refractivity contribution < 1.29 is 33.3 Å². The molecular weight excluding hydrogens is 737 g/mol. The van der Waals surface area contributed by atoms with Crippen LogP contribution in [0.5, 0.6) is 11.5 Å². The van der Waals surface area contributed by atoms with Gasteiger partial charge in [-0.2, -0.15) is 0 Å². The van der Waals surface area contributed by atoms with E-state index in [-0.39, 0.29) is 63.7 Å². The third-order valence-corrected chi connectivity index (χ3v) is 14.8. The summed E-state index contributed by atoms with van der Waals surface area (Å²) in [5.41, 5.74) is -1.42. The fourth-order valence-corrected chi connectivity index (χ4v) is 7.06. The lowest BCUT2D eigenvalue weighted by Crippen LogP contribution is -2.56. The van der Waals surface area contributed by atoms with Crippen molar-refractivity contribution in [2.24, 2.45) is 0 Å². The molecule has 56 heavy (non-hydrogen) atoms. The van der Waals surface area contributed by atoms with Crippen molar-refractivity contribution in [1.82, 2.24) is 19.0 Å². The maximum absolute atomic E-state index is 14.0. The zero-order chi connectivity index (χ0) is 41.1. The number of hydrogen-bond acceptors (Lipinski definition) is 9. The number of hydrogen-bond donors (Lipinski definition) is 2.